The van der Waals surface area contributed by atoms with Gasteiger partial charge in [-0.1, -0.05) is 0 Å². The van der Waals surface area contributed by atoms with Gasteiger partial charge in [-0.25, -0.2) is 4.79 Å². The number of aromatic carboxylic acids is 1. The van der Waals surface area contributed by atoms with E-state index in [0.717, 1.165) is 0 Å². The number of hydrogen-bond donors (Lipinski definition) is 1. The van der Waals surface area contributed by atoms with Crippen molar-refractivity contribution in [2.45, 2.75) is 13.2 Å². The van der Waals surface area contributed by atoms with Gasteiger partial charge in [0.25, 0.3) is 0 Å². The molecule has 0 saturated carbocycles. The summed E-state index contributed by atoms with van der Waals surface area (Å²) in [6.07, 6.45) is -3.86. The Morgan fingerprint density at radius 1 is 1.47 bits per heavy atom. The molecule has 0 aliphatic carbocycles. The van der Waals surface area contributed by atoms with Gasteiger partial charge in [0.1, 0.15) is 11.3 Å². The molecule has 0 spiro atoms. The maximum Gasteiger partial charge on any atom is 0.586 e. The highest BCUT2D eigenvalue weighted by molar-refractivity contribution is 5.96. The zero-order chi connectivity index (χ0) is 12.8. The molecule has 0 amide bonds. The number of carbonyl (C=O) groups is 1. The summed E-state index contributed by atoms with van der Waals surface area (Å²) in [6, 6.07) is 1.24. The average Bonchev–Trinajstić information content (AvgIpc) is 2.48. The van der Waals surface area contributed by atoms with Crippen molar-refractivity contribution in [1.29, 1.82) is 0 Å². The molecule has 1 aromatic carbocycles. The van der Waals surface area contributed by atoms with E-state index in [1.54, 1.807) is 0 Å². The minimum atomic E-state index is -3.86. The first-order chi connectivity index (χ1) is 7.85. The smallest absolute Gasteiger partial charge is 0.495 e. The quantitative estimate of drug-likeness (QED) is 0.864. The second kappa shape index (κ2) is 3.47. The van der Waals surface area contributed by atoms with Gasteiger partial charge in [0.15, 0.2) is 11.5 Å². The minimum Gasteiger partial charge on any atom is -0.495 e. The van der Waals surface area contributed by atoms with Gasteiger partial charge in [0.2, 0.25) is 0 Å². The van der Waals surface area contributed by atoms with Crippen molar-refractivity contribution in [2.75, 3.05) is 7.11 Å². The Bertz CT molecular complexity index is 498. The molecular weight excluding hydrogens is 238 g/mol. The number of rotatable bonds is 2. The van der Waals surface area contributed by atoms with Gasteiger partial charge in [0, 0.05) is 0 Å². The standard InChI is InChI=1S/C10H8F2O5/c1-4-3-5-8(17-10(11,12)16-5)6(9(13)14)7(4)15-2/h3H,1-2H3,(H,13,14). The van der Waals surface area contributed by atoms with Gasteiger partial charge in [0.05, 0.1) is 7.11 Å². The van der Waals surface area contributed by atoms with E-state index in [1.165, 1.54) is 20.1 Å². The van der Waals surface area contributed by atoms with E-state index in [2.05, 4.69) is 9.47 Å². The van der Waals surface area contributed by atoms with E-state index in [9.17, 15) is 13.6 Å². The van der Waals surface area contributed by atoms with Crippen molar-refractivity contribution >= 4 is 5.97 Å². The Morgan fingerprint density at radius 2 is 2.12 bits per heavy atom. The summed E-state index contributed by atoms with van der Waals surface area (Å²) >= 11 is 0. The maximum atomic E-state index is 12.9. The molecule has 2 rings (SSSR count). The van der Waals surface area contributed by atoms with Crippen LogP contribution in [-0.2, 0) is 0 Å². The molecular formula is C10H8F2O5. The summed E-state index contributed by atoms with van der Waals surface area (Å²) in [5.74, 6) is -2.30. The van der Waals surface area contributed by atoms with Crippen LogP contribution in [0.2, 0.25) is 0 Å². The van der Waals surface area contributed by atoms with Gasteiger partial charge in [-0.05, 0) is 18.6 Å². The Labute approximate surface area is 94.5 Å². The van der Waals surface area contributed by atoms with Crippen LogP contribution in [0, 0.1) is 6.92 Å². The first-order valence-corrected chi connectivity index (χ1v) is 4.56. The maximum absolute atomic E-state index is 12.9. The minimum absolute atomic E-state index is 0.0300. The van der Waals surface area contributed by atoms with Crippen LogP contribution in [0.3, 0.4) is 0 Å². The molecule has 0 fully saturated rings. The van der Waals surface area contributed by atoms with Gasteiger partial charge < -0.3 is 19.3 Å². The van der Waals surface area contributed by atoms with Crippen LogP contribution in [0.1, 0.15) is 15.9 Å². The number of ether oxygens (including phenoxy) is 3. The summed E-state index contributed by atoms with van der Waals surface area (Å²) in [7, 11) is 1.25. The van der Waals surface area contributed by atoms with E-state index in [-0.39, 0.29) is 11.5 Å². The van der Waals surface area contributed by atoms with Crippen LogP contribution in [0.4, 0.5) is 8.78 Å². The van der Waals surface area contributed by atoms with Crippen molar-refractivity contribution in [1.82, 2.24) is 0 Å². The second-order valence-electron chi connectivity index (χ2n) is 3.40. The van der Waals surface area contributed by atoms with Gasteiger partial charge in [-0.2, -0.15) is 0 Å². The number of benzene rings is 1. The summed E-state index contributed by atoms with van der Waals surface area (Å²) in [4.78, 5) is 11.0. The molecule has 0 bridgehead atoms. The van der Waals surface area contributed by atoms with Gasteiger partial charge in [-0.15, -0.1) is 8.78 Å². The predicted octanol–water partition coefficient (Wildman–Crippen LogP) is 2.02. The number of hydrogen-bond acceptors (Lipinski definition) is 4. The monoisotopic (exact) mass is 246 g/mol. The highest BCUT2D eigenvalue weighted by Crippen LogP contribution is 2.47. The molecule has 1 N–H and O–H groups in total. The van der Waals surface area contributed by atoms with E-state index in [1.807, 2.05) is 0 Å². The largest absolute Gasteiger partial charge is 0.586 e. The summed E-state index contributed by atoms with van der Waals surface area (Å²) < 4.78 is 39.0. The molecule has 1 aliphatic rings. The third-order valence-corrected chi connectivity index (χ3v) is 2.25. The summed E-state index contributed by atoms with van der Waals surface area (Å²) in [6.45, 7) is 1.52. The molecule has 7 heteroatoms. The van der Waals surface area contributed by atoms with Crippen molar-refractivity contribution in [3.8, 4) is 17.2 Å². The van der Waals surface area contributed by atoms with E-state index in [0.29, 0.717) is 5.56 Å². The Balaban J connectivity index is 2.68. The van der Waals surface area contributed by atoms with Crippen LogP contribution in [-0.4, -0.2) is 24.5 Å². The molecule has 0 atom stereocenters. The number of fused-ring (bicyclic) bond motifs is 1. The highest BCUT2D eigenvalue weighted by atomic mass is 19.3. The lowest BCUT2D eigenvalue weighted by molar-refractivity contribution is -0.286. The van der Waals surface area contributed by atoms with Crippen LogP contribution in [0.5, 0.6) is 17.2 Å². The third kappa shape index (κ3) is 1.73. The Hall–Kier alpha value is -2.05. The topological polar surface area (TPSA) is 65.0 Å². The van der Waals surface area contributed by atoms with Gasteiger partial charge >= 0.3 is 12.3 Å². The lowest BCUT2D eigenvalue weighted by atomic mass is 10.1. The number of carboxylic acid groups (broad SMARTS) is 1. The molecule has 0 unspecified atom stereocenters. The molecule has 1 heterocycles. The molecule has 5 nitrogen and oxygen atoms in total. The lowest BCUT2D eigenvalue weighted by Gasteiger charge is -2.10. The molecule has 92 valence electrons. The number of carboxylic acids is 1. The Kier molecular flexibility index (Phi) is 2.34. The SMILES string of the molecule is COc1c(C)cc2c(c1C(=O)O)OC(F)(F)O2. The van der Waals surface area contributed by atoms with Crippen molar-refractivity contribution < 1.29 is 32.9 Å². The zero-order valence-corrected chi connectivity index (χ0v) is 8.91. The number of alkyl halides is 2. The van der Waals surface area contributed by atoms with Crippen molar-refractivity contribution in [2.24, 2.45) is 0 Å². The van der Waals surface area contributed by atoms with E-state index >= 15 is 0 Å². The molecule has 1 aromatic rings. The van der Waals surface area contributed by atoms with Crippen molar-refractivity contribution in [3.63, 3.8) is 0 Å². The van der Waals surface area contributed by atoms with Crippen LogP contribution in [0.15, 0.2) is 6.07 Å². The zero-order valence-electron chi connectivity index (χ0n) is 8.91. The molecule has 0 radical (unpaired) electrons. The number of methoxy groups -OCH3 is 1. The first-order valence-electron chi connectivity index (χ1n) is 4.56. The summed E-state index contributed by atoms with van der Waals surface area (Å²) in [5.41, 5.74) is -0.107. The van der Waals surface area contributed by atoms with E-state index < -0.39 is 23.6 Å². The number of halogens is 2. The fourth-order valence-corrected chi connectivity index (χ4v) is 1.65. The first kappa shape index (κ1) is 11.4. The molecule has 1 aliphatic heterocycles. The fraction of sp³-hybridized carbons (Fsp3) is 0.300. The van der Waals surface area contributed by atoms with Gasteiger partial charge in [-0.3, -0.25) is 0 Å². The number of aryl methyl sites for hydroxylation is 1. The summed E-state index contributed by atoms with van der Waals surface area (Å²) in [5, 5.41) is 9.00. The van der Waals surface area contributed by atoms with Crippen molar-refractivity contribution in [3.05, 3.63) is 17.2 Å². The Morgan fingerprint density at radius 3 is 2.65 bits per heavy atom. The molecule has 0 aromatic heterocycles. The lowest BCUT2D eigenvalue weighted by Crippen LogP contribution is -2.26. The average molecular weight is 246 g/mol. The predicted molar refractivity (Wildman–Crippen MR) is 50.9 cm³/mol. The molecule has 17 heavy (non-hydrogen) atoms. The highest BCUT2D eigenvalue weighted by Gasteiger charge is 2.46. The molecule has 0 saturated heterocycles. The van der Waals surface area contributed by atoms with Crippen LogP contribution < -0.4 is 14.2 Å². The van der Waals surface area contributed by atoms with Crippen LogP contribution in [0.25, 0.3) is 0 Å². The van der Waals surface area contributed by atoms with E-state index in [4.69, 9.17) is 9.84 Å². The normalized spacial score (nSPS) is 15.8. The fourth-order valence-electron chi connectivity index (χ4n) is 1.65. The van der Waals surface area contributed by atoms with Crippen LogP contribution >= 0.6 is 0 Å². The second-order valence-corrected chi connectivity index (χ2v) is 3.40. The third-order valence-electron chi connectivity index (χ3n) is 2.25.